The Kier molecular flexibility index (Phi) is 5.53. The van der Waals surface area contributed by atoms with Gasteiger partial charge in [0.25, 0.3) is 5.91 Å². The van der Waals surface area contributed by atoms with Crippen LogP contribution in [0.15, 0.2) is 16.6 Å². The van der Waals surface area contributed by atoms with E-state index in [9.17, 15) is 13.6 Å². The molecule has 0 aromatic carbocycles. The maximum Gasteiger partial charge on any atom is 0.333 e. The van der Waals surface area contributed by atoms with E-state index < -0.39 is 18.0 Å². The van der Waals surface area contributed by atoms with Gasteiger partial charge in [0.1, 0.15) is 16.4 Å². The molecule has 0 saturated carbocycles. The lowest BCUT2D eigenvalue weighted by Crippen LogP contribution is -2.49. The smallest absolute Gasteiger partial charge is 0.333 e. The van der Waals surface area contributed by atoms with Crippen LogP contribution in [0.2, 0.25) is 5.02 Å². The molecule has 0 bridgehead atoms. The molecule has 29 heavy (non-hydrogen) atoms. The zero-order valence-corrected chi connectivity index (χ0v) is 17.5. The van der Waals surface area contributed by atoms with Crippen LogP contribution in [0.25, 0.3) is 0 Å². The Labute approximate surface area is 177 Å². The Morgan fingerprint density at radius 2 is 2.34 bits per heavy atom. The van der Waals surface area contributed by atoms with Gasteiger partial charge in [-0.2, -0.15) is 13.9 Å². The maximum atomic E-state index is 12.7. The quantitative estimate of drug-likeness (QED) is 0.721. The Hall–Kier alpha value is -1.76. The van der Waals surface area contributed by atoms with E-state index in [2.05, 4.69) is 20.4 Å². The Morgan fingerprint density at radius 1 is 1.55 bits per heavy atom. The highest BCUT2D eigenvalue weighted by Crippen LogP contribution is 2.47. The number of amides is 1. The van der Waals surface area contributed by atoms with Gasteiger partial charge in [-0.25, -0.2) is 14.7 Å². The zero-order chi connectivity index (χ0) is 20.8. The normalized spacial score (nSPS) is 26.9. The minimum absolute atomic E-state index is 0.120. The van der Waals surface area contributed by atoms with Gasteiger partial charge in [0.15, 0.2) is 10.9 Å². The number of thiazole rings is 1. The average Bonchev–Trinajstić information content (AvgIpc) is 3.29. The number of nitrogens with zero attached hydrogens (tertiary/aromatic N) is 4. The SMILES string of the molecule is C[C@H]1C[C@H]2CSC(N)=NC2(c2nc(NC(=O)c3nn(C(F)F)cc3Cl)cs2)CO1. The van der Waals surface area contributed by atoms with Crippen LogP contribution in [0.5, 0.6) is 0 Å². The van der Waals surface area contributed by atoms with Crippen molar-refractivity contribution < 1.29 is 18.3 Å². The van der Waals surface area contributed by atoms with Crippen LogP contribution in [-0.4, -0.2) is 44.3 Å². The van der Waals surface area contributed by atoms with Crippen LogP contribution >= 0.6 is 34.7 Å². The molecule has 4 rings (SSSR count). The van der Waals surface area contributed by atoms with Gasteiger partial charge in [-0.1, -0.05) is 23.4 Å². The third-order valence-electron chi connectivity index (χ3n) is 4.84. The molecule has 0 spiro atoms. The number of amidine groups is 1. The fourth-order valence-electron chi connectivity index (χ4n) is 3.41. The van der Waals surface area contributed by atoms with Crippen LogP contribution in [0.3, 0.4) is 0 Å². The third kappa shape index (κ3) is 3.86. The van der Waals surface area contributed by atoms with E-state index >= 15 is 0 Å². The predicted molar refractivity (Wildman–Crippen MR) is 108 cm³/mol. The molecular weight excluding hydrogens is 446 g/mol. The molecule has 8 nitrogen and oxygen atoms in total. The highest BCUT2D eigenvalue weighted by atomic mass is 35.5. The Bertz CT molecular complexity index is 967. The lowest BCUT2D eigenvalue weighted by Gasteiger charge is -2.44. The lowest BCUT2D eigenvalue weighted by atomic mass is 9.80. The molecule has 156 valence electrons. The molecule has 3 N–H and O–H groups in total. The summed E-state index contributed by atoms with van der Waals surface area (Å²) in [6, 6.07) is 0. The maximum absolute atomic E-state index is 12.7. The summed E-state index contributed by atoms with van der Waals surface area (Å²) in [5, 5.41) is 8.71. The van der Waals surface area contributed by atoms with Gasteiger partial charge in [-0.15, -0.1) is 11.3 Å². The molecular formula is C16H17ClF2N6O2S2. The number of hydrogen-bond acceptors (Lipinski definition) is 8. The van der Waals surface area contributed by atoms with E-state index in [1.165, 1.54) is 23.1 Å². The molecule has 1 fully saturated rings. The number of nitrogens with two attached hydrogens (primary N) is 1. The van der Waals surface area contributed by atoms with E-state index in [0.29, 0.717) is 21.5 Å². The van der Waals surface area contributed by atoms with Gasteiger partial charge >= 0.3 is 6.55 Å². The Balaban J connectivity index is 1.58. The number of aromatic nitrogens is 3. The monoisotopic (exact) mass is 462 g/mol. The van der Waals surface area contributed by atoms with Crippen molar-refractivity contribution >= 4 is 51.6 Å². The highest BCUT2D eigenvalue weighted by Gasteiger charge is 2.49. The summed E-state index contributed by atoms with van der Waals surface area (Å²) in [6.45, 7) is -0.519. The van der Waals surface area contributed by atoms with E-state index in [1.807, 2.05) is 6.92 Å². The first-order valence-corrected chi connectivity index (χ1v) is 10.9. The number of thioether (sulfide) groups is 1. The number of nitrogens with one attached hydrogen (secondary N) is 1. The van der Waals surface area contributed by atoms with E-state index in [0.717, 1.165) is 18.4 Å². The van der Waals surface area contributed by atoms with Gasteiger partial charge < -0.3 is 15.8 Å². The molecule has 2 aromatic heterocycles. The van der Waals surface area contributed by atoms with Gasteiger partial charge in [-0.3, -0.25) is 4.79 Å². The van der Waals surface area contributed by atoms with Crippen molar-refractivity contribution in [1.29, 1.82) is 0 Å². The number of alkyl halides is 2. The summed E-state index contributed by atoms with van der Waals surface area (Å²) >= 11 is 8.69. The molecule has 13 heteroatoms. The van der Waals surface area contributed by atoms with Crippen molar-refractivity contribution in [3.05, 3.63) is 27.3 Å². The molecule has 2 aromatic rings. The van der Waals surface area contributed by atoms with Crippen LogP contribution in [0.4, 0.5) is 14.6 Å². The summed E-state index contributed by atoms with van der Waals surface area (Å²) in [5.41, 5.74) is 4.99. The first-order valence-electron chi connectivity index (χ1n) is 8.68. The summed E-state index contributed by atoms with van der Waals surface area (Å²) in [4.78, 5) is 21.6. The molecule has 2 aliphatic heterocycles. The summed E-state index contributed by atoms with van der Waals surface area (Å²) in [6.07, 6.45) is 1.84. The van der Waals surface area contributed by atoms with Crippen LogP contribution in [-0.2, 0) is 10.3 Å². The number of rotatable bonds is 4. The summed E-state index contributed by atoms with van der Waals surface area (Å²) in [5.74, 6) is 0.548. The minimum Gasteiger partial charge on any atom is -0.379 e. The van der Waals surface area contributed by atoms with Crippen molar-refractivity contribution in [2.45, 2.75) is 31.5 Å². The van der Waals surface area contributed by atoms with Gasteiger partial charge in [0.05, 0.1) is 23.9 Å². The van der Waals surface area contributed by atoms with Crippen molar-refractivity contribution in [3.63, 3.8) is 0 Å². The summed E-state index contributed by atoms with van der Waals surface area (Å²) in [7, 11) is 0. The average molecular weight is 463 g/mol. The largest absolute Gasteiger partial charge is 0.379 e. The van der Waals surface area contributed by atoms with Gasteiger partial charge in [0.2, 0.25) is 0 Å². The van der Waals surface area contributed by atoms with Crippen LogP contribution in [0.1, 0.15) is 35.4 Å². The number of ether oxygens (including phenoxy) is 1. The Morgan fingerprint density at radius 3 is 3.07 bits per heavy atom. The van der Waals surface area contributed by atoms with E-state index in [4.69, 9.17) is 22.1 Å². The third-order valence-corrected chi connectivity index (χ3v) is 7.08. The second-order valence-electron chi connectivity index (χ2n) is 6.81. The molecule has 1 amide bonds. The number of carbonyl (C=O) groups is 1. The minimum atomic E-state index is -2.89. The molecule has 1 saturated heterocycles. The second kappa shape index (κ2) is 7.82. The standard InChI is InChI=1S/C16H17ClF2N6O2S2/c1-7-2-8-4-29-15(20)23-16(8,6-27-7)13-22-10(5-28-13)21-12(26)11-9(17)3-25(24-11)14(18)19/h3,5,7-8,14H,2,4,6H2,1H3,(H2,20,23)(H,21,26)/t7-,8-,16?/m0/s1. The van der Waals surface area contributed by atoms with Crippen molar-refractivity contribution in [2.24, 2.45) is 16.6 Å². The summed E-state index contributed by atoms with van der Waals surface area (Å²) < 4.78 is 31.7. The first-order chi connectivity index (χ1) is 13.8. The van der Waals surface area contributed by atoms with Gasteiger partial charge in [0, 0.05) is 17.1 Å². The number of halogens is 3. The van der Waals surface area contributed by atoms with Crippen molar-refractivity contribution in [1.82, 2.24) is 14.8 Å². The number of hydrogen-bond donors (Lipinski definition) is 2. The number of aliphatic imine (C=N–C) groups is 1. The van der Waals surface area contributed by atoms with Crippen molar-refractivity contribution in [2.75, 3.05) is 17.7 Å². The molecule has 4 heterocycles. The molecule has 3 atom stereocenters. The molecule has 1 unspecified atom stereocenters. The number of fused-ring (bicyclic) bond motifs is 1. The fraction of sp³-hybridized carbons (Fsp3) is 0.500. The van der Waals surface area contributed by atoms with Crippen LogP contribution < -0.4 is 11.1 Å². The number of anilines is 1. The van der Waals surface area contributed by atoms with E-state index in [1.54, 1.807) is 5.38 Å². The van der Waals surface area contributed by atoms with E-state index in [-0.39, 0.29) is 28.6 Å². The number of carbonyl (C=O) groups excluding carboxylic acids is 1. The van der Waals surface area contributed by atoms with Gasteiger partial charge in [-0.05, 0) is 13.3 Å². The van der Waals surface area contributed by atoms with Crippen molar-refractivity contribution in [3.8, 4) is 0 Å². The lowest BCUT2D eigenvalue weighted by molar-refractivity contribution is -0.0466. The predicted octanol–water partition coefficient (Wildman–Crippen LogP) is 3.32. The van der Waals surface area contributed by atoms with Crippen LogP contribution in [0, 0.1) is 5.92 Å². The molecule has 0 aliphatic carbocycles. The topological polar surface area (TPSA) is 107 Å². The molecule has 0 radical (unpaired) electrons. The zero-order valence-electron chi connectivity index (χ0n) is 15.1. The molecule has 2 aliphatic rings. The first kappa shape index (κ1) is 20.5. The fourth-order valence-corrected chi connectivity index (χ4v) is 5.60. The second-order valence-corrected chi connectivity index (χ2v) is 9.12. The highest BCUT2D eigenvalue weighted by molar-refractivity contribution is 8.13.